The molecule has 0 aliphatic rings. The highest BCUT2D eigenvalue weighted by molar-refractivity contribution is 5.90. The molecule has 0 amide bonds. The lowest BCUT2D eigenvalue weighted by Gasteiger charge is -2.18. The minimum atomic E-state index is -5.32. The van der Waals surface area contributed by atoms with Gasteiger partial charge in [-0.25, -0.2) is 9.78 Å². The van der Waals surface area contributed by atoms with Crippen LogP contribution in [0.4, 0.5) is 38.1 Å². The van der Waals surface area contributed by atoms with Gasteiger partial charge in [0.2, 0.25) is 12.2 Å². The monoisotopic (exact) mass is 553 g/mol. The molecule has 0 saturated heterocycles. The molecule has 0 radical (unpaired) electrons. The van der Waals surface area contributed by atoms with Gasteiger partial charge in [-0.15, -0.1) is 0 Å². The summed E-state index contributed by atoms with van der Waals surface area (Å²) in [4.78, 5) is 22.9. The molecule has 0 spiro atoms. The minimum absolute atomic E-state index is 0.0947. The number of nitrogens with zero attached hydrogens (tertiary/aromatic N) is 3. The van der Waals surface area contributed by atoms with Crippen molar-refractivity contribution in [1.29, 1.82) is 0 Å². The predicted molar refractivity (Wildman–Crippen MR) is 125 cm³/mol. The third-order valence-electron chi connectivity index (χ3n) is 5.05. The molecular weight excluding hydrogens is 536 g/mol. The quantitative estimate of drug-likeness (QED) is 0.166. The van der Waals surface area contributed by atoms with Crippen LogP contribution >= 0.6 is 0 Å². The number of hydrogen-bond donors (Lipinski definition) is 3. The number of aromatic nitrogens is 3. The molecule has 4 rings (SSSR count). The van der Waals surface area contributed by atoms with Crippen LogP contribution < -0.4 is 15.8 Å². The predicted octanol–water partition coefficient (Wildman–Crippen LogP) is 4.92. The Morgan fingerprint density at radius 1 is 0.949 bits per heavy atom. The molecule has 204 valence electrons. The standard InChI is InChI=1S/C24H17F6N5O4/c25-23(26,27)14-7-4-8-16(38-12-5-2-1-3-6-12)18(14)15-10-9-13-19(34-22(31)35-20(13)33-15)32-11-17(36)39-21(37)24(28,29)30/h1-10,17,36H,11H2,(H3,31,32,33,34,35). The number of carbonyl (C=O) groups excluding carboxylic acids is 1. The Morgan fingerprint density at radius 2 is 1.67 bits per heavy atom. The van der Waals surface area contributed by atoms with E-state index in [0.717, 1.165) is 6.07 Å². The summed E-state index contributed by atoms with van der Waals surface area (Å²) >= 11 is 0. The molecule has 39 heavy (non-hydrogen) atoms. The average molecular weight is 553 g/mol. The lowest BCUT2D eigenvalue weighted by atomic mass is 10.0. The van der Waals surface area contributed by atoms with E-state index >= 15 is 0 Å². The van der Waals surface area contributed by atoms with E-state index in [1.807, 2.05) is 0 Å². The van der Waals surface area contributed by atoms with Crippen molar-refractivity contribution in [2.45, 2.75) is 18.6 Å². The number of hydrogen-bond acceptors (Lipinski definition) is 9. The SMILES string of the molecule is Nc1nc(NCC(O)OC(=O)C(F)(F)F)c2ccc(-c3c(Oc4ccccc4)cccc3C(F)(F)F)nc2n1. The summed E-state index contributed by atoms with van der Waals surface area (Å²) in [6.45, 7) is -0.735. The number of benzene rings is 2. The molecule has 0 aliphatic carbocycles. The number of nitrogen functional groups attached to an aromatic ring is 1. The van der Waals surface area contributed by atoms with Crippen molar-refractivity contribution in [3.8, 4) is 22.8 Å². The largest absolute Gasteiger partial charge is 0.491 e. The highest BCUT2D eigenvalue weighted by Crippen LogP contribution is 2.43. The van der Waals surface area contributed by atoms with Crippen LogP contribution in [0.15, 0.2) is 60.7 Å². The van der Waals surface area contributed by atoms with Gasteiger partial charge < -0.3 is 25.6 Å². The summed E-state index contributed by atoms with van der Waals surface area (Å²) in [6.07, 6.45) is -12.3. The molecule has 1 unspecified atom stereocenters. The Balaban J connectivity index is 1.71. The first-order valence-corrected chi connectivity index (χ1v) is 10.9. The third kappa shape index (κ3) is 6.43. The molecule has 4 N–H and O–H groups in total. The normalized spacial score (nSPS) is 12.7. The van der Waals surface area contributed by atoms with Crippen molar-refractivity contribution in [3.63, 3.8) is 0 Å². The highest BCUT2D eigenvalue weighted by atomic mass is 19.4. The van der Waals surface area contributed by atoms with Crippen LogP contribution in [0.3, 0.4) is 0 Å². The summed E-state index contributed by atoms with van der Waals surface area (Å²) in [7, 11) is 0. The van der Waals surface area contributed by atoms with E-state index in [0.29, 0.717) is 0 Å². The fraction of sp³-hybridized carbons (Fsp3) is 0.167. The van der Waals surface area contributed by atoms with Crippen LogP contribution in [0.2, 0.25) is 0 Å². The molecule has 0 bridgehead atoms. The van der Waals surface area contributed by atoms with Crippen LogP contribution in [-0.2, 0) is 15.7 Å². The summed E-state index contributed by atoms with van der Waals surface area (Å²) in [5, 5.41) is 12.2. The number of anilines is 2. The van der Waals surface area contributed by atoms with Gasteiger partial charge in [-0.3, -0.25) is 0 Å². The number of aliphatic hydroxyl groups excluding tert-OH is 1. The van der Waals surface area contributed by atoms with E-state index in [1.165, 1.54) is 24.3 Å². The zero-order chi connectivity index (χ0) is 28.4. The van der Waals surface area contributed by atoms with Gasteiger partial charge in [0, 0.05) is 0 Å². The molecule has 2 aromatic carbocycles. The topological polar surface area (TPSA) is 132 Å². The van der Waals surface area contributed by atoms with E-state index < -0.39 is 36.7 Å². The maximum atomic E-state index is 14.0. The second-order valence-electron chi connectivity index (χ2n) is 7.83. The number of esters is 1. The fourth-order valence-electron chi connectivity index (χ4n) is 3.45. The molecule has 2 aromatic heterocycles. The van der Waals surface area contributed by atoms with Crippen LogP contribution in [0.1, 0.15) is 5.56 Å². The van der Waals surface area contributed by atoms with Crippen molar-refractivity contribution in [1.82, 2.24) is 15.0 Å². The Morgan fingerprint density at radius 3 is 2.33 bits per heavy atom. The number of aliphatic hydroxyl groups is 1. The van der Waals surface area contributed by atoms with Crippen molar-refractivity contribution in [2.24, 2.45) is 0 Å². The minimum Gasteiger partial charge on any atom is -0.457 e. The van der Waals surface area contributed by atoms with Gasteiger partial charge in [0.25, 0.3) is 0 Å². The van der Waals surface area contributed by atoms with E-state index in [4.69, 9.17) is 10.5 Å². The van der Waals surface area contributed by atoms with Gasteiger partial charge in [-0.2, -0.15) is 36.3 Å². The van der Waals surface area contributed by atoms with Gasteiger partial charge in [0.1, 0.15) is 17.3 Å². The van der Waals surface area contributed by atoms with Crippen molar-refractivity contribution in [3.05, 3.63) is 66.2 Å². The Labute approximate surface area is 215 Å². The van der Waals surface area contributed by atoms with Crippen molar-refractivity contribution >= 4 is 28.8 Å². The van der Waals surface area contributed by atoms with E-state index in [9.17, 15) is 36.2 Å². The maximum absolute atomic E-state index is 14.0. The number of ether oxygens (including phenoxy) is 2. The molecule has 9 nitrogen and oxygen atoms in total. The molecule has 0 aliphatic heterocycles. The fourth-order valence-corrected chi connectivity index (χ4v) is 3.45. The highest BCUT2D eigenvalue weighted by Gasteiger charge is 2.42. The molecule has 0 fully saturated rings. The van der Waals surface area contributed by atoms with Gasteiger partial charge in [0.05, 0.1) is 28.8 Å². The molecule has 1 atom stereocenters. The van der Waals surface area contributed by atoms with Gasteiger partial charge in [0.15, 0.2) is 5.65 Å². The van der Waals surface area contributed by atoms with E-state index in [2.05, 4.69) is 25.0 Å². The number of alkyl halides is 6. The lowest BCUT2D eigenvalue weighted by molar-refractivity contribution is -0.217. The average Bonchev–Trinajstić information content (AvgIpc) is 2.86. The van der Waals surface area contributed by atoms with Crippen molar-refractivity contribution in [2.75, 3.05) is 17.6 Å². The maximum Gasteiger partial charge on any atom is 0.491 e. The van der Waals surface area contributed by atoms with E-state index in [-0.39, 0.29) is 45.6 Å². The number of halogens is 6. The first-order valence-electron chi connectivity index (χ1n) is 10.9. The second-order valence-corrected chi connectivity index (χ2v) is 7.83. The molecular formula is C24H17F6N5O4. The number of rotatable bonds is 7. The summed E-state index contributed by atoms with van der Waals surface area (Å²) in [5.41, 5.74) is 3.93. The second kappa shape index (κ2) is 10.6. The Bertz CT molecular complexity index is 1500. The molecule has 15 heteroatoms. The van der Waals surface area contributed by atoms with Crippen LogP contribution in [-0.4, -0.2) is 45.0 Å². The number of pyridine rings is 1. The number of para-hydroxylation sites is 1. The molecule has 2 heterocycles. The summed E-state index contributed by atoms with van der Waals surface area (Å²) in [5.74, 6) is -2.99. The van der Waals surface area contributed by atoms with Crippen LogP contribution in [0.25, 0.3) is 22.3 Å². The number of nitrogens with one attached hydrogen (secondary N) is 1. The Kier molecular flexibility index (Phi) is 7.44. The van der Waals surface area contributed by atoms with Crippen molar-refractivity contribution < 1.29 is 45.7 Å². The summed E-state index contributed by atoms with van der Waals surface area (Å²) in [6, 6.07) is 14.0. The van der Waals surface area contributed by atoms with Gasteiger partial charge in [-0.1, -0.05) is 24.3 Å². The van der Waals surface area contributed by atoms with E-state index in [1.54, 1.807) is 30.3 Å². The third-order valence-corrected chi connectivity index (χ3v) is 5.05. The van der Waals surface area contributed by atoms with Crippen LogP contribution in [0, 0.1) is 0 Å². The number of fused-ring (bicyclic) bond motifs is 1. The van der Waals surface area contributed by atoms with Crippen LogP contribution in [0.5, 0.6) is 11.5 Å². The van der Waals surface area contributed by atoms with Gasteiger partial charge in [-0.05, 0) is 36.4 Å². The zero-order valence-electron chi connectivity index (χ0n) is 19.4. The number of nitrogens with two attached hydrogens (primary N) is 1. The summed E-state index contributed by atoms with van der Waals surface area (Å²) < 4.78 is 88.5. The smallest absolute Gasteiger partial charge is 0.457 e. The Hall–Kier alpha value is -4.66. The first-order chi connectivity index (χ1) is 18.3. The first kappa shape index (κ1) is 27.4. The molecule has 0 saturated carbocycles. The molecule has 4 aromatic rings. The van der Waals surface area contributed by atoms with Gasteiger partial charge >= 0.3 is 18.3 Å². The lowest BCUT2D eigenvalue weighted by Crippen LogP contribution is -2.33. The zero-order valence-corrected chi connectivity index (χ0v) is 19.4. The number of carbonyl (C=O) groups is 1.